The molecule has 1 fully saturated rings. The standard InChI is InChI=1S/C23H17FN2OS/c24-19-13-11-18(12-14-19)16-25-23-26(20-9-5-2-6-10-20)22(27)21(28-23)15-17-7-3-1-4-8-17/h1-15H,16H2. The van der Waals surface area contributed by atoms with Crippen LogP contribution in [0.25, 0.3) is 6.08 Å². The Kier molecular flexibility index (Phi) is 5.35. The van der Waals surface area contributed by atoms with Crippen molar-refractivity contribution in [2.75, 3.05) is 4.90 Å². The molecule has 1 aliphatic rings. The molecule has 0 aliphatic carbocycles. The van der Waals surface area contributed by atoms with Gasteiger partial charge in [0.1, 0.15) is 5.82 Å². The van der Waals surface area contributed by atoms with Gasteiger partial charge in [0.25, 0.3) is 5.91 Å². The summed E-state index contributed by atoms with van der Waals surface area (Å²) in [7, 11) is 0. The van der Waals surface area contributed by atoms with E-state index in [0.717, 1.165) is 16.8 Å². The van der Waals surface area contributed by atoms with Crippen molar-refractivity contribution in [2.24, 2.45) is 4.99 Å². The van der Waals surface area contributed by atoms with Gasteiger partial charge in [0.2, 0.25) is 0 Å². The first-order chi connectivity index (χ1) is 13.7. The van der Waals surface area contributed by atoms with E-state index in [1.807, 2.05) is 66.7 Å². The van der Waals surface area contributed by atoms with Gasteiger partial charge in [-0.05, 0) is 53.2 Å². The molecule has 3 aromatic carbocycles. The van der Waals surface area contributed by atoms with Crippen LogP contribution in [0, 0.1) is 5.82 Å². The average molecular weight is 388 g/mol. The van der Waals surface area contributed by atoms with E-state index in [1.165, 1.54) is 23.9 Å². The van der Waals surface area contributed by atoms with E-state index in [9.17, 15) is 9.18 Å². The quantitative estimate of drug-likeness (QED) is 0.553. The third-order valence-corrected chi connectivity index (χ3v) is 5.23. The highest BCUT2D eigenvalue weighted by Gasteiger charge is 2.34. The second-order valence-corrected chi connectivity index (χ2v) is 7.23. The third-order valence-electron chi connectivity index (χ3n) is 4.23. The van der Waals surface area contributed by atoms with Gasteiger partial charge in [-0.25, -0.2) is 4.39 Å². The fourth-order valence-electron chi connectivity index (χ4n) is 2.83. The minimum atomic E-state index is -0.277. The van der Waals surface area contributed by atoms with Crippen molar-refractivity contribution < 1.29 is 9.18 Å². The number of carbonyl (C=O) groups excluding carboxylic acids is 1. The van der Waals surface area contributed by atoms with Crippen molar-refractivity contribution in [3.05, 3.63) is 107 Å². The van der Waals surface area contributed by atoms with Crippen molar-refractivity contribution in [1.29, 1.82) is 0 Å². The van der Waals surface area contributed by atoms with E-state index in [2.05, 4.69) is 4.99 Å². The number of hydrogen-bond donors (Lipinski definition) is 0. The van der Waals surface area contributed by atoms with Crippen LogP contribution in [0.2, 0.25) is 0 Å². The number of rotatable bonds is 4. The van der Waals surface area contributed by atoms with Crippen molar-refractivity contribution in [2.45, 2.75) is 6.54 Å². The molecule has 0 saturated carbocycles. The Morgan fingerprint density at radius 1 is 0.893 bits per heavy atom. The summed E-state index contributed by atoms with van der Waals surface area (Å²) in [5.74, 6) is -0.376. The first-order valence-electron chi connectivity index (χ1n) is 8.84. The SMILES string of the molecule is O=C1C(=Cc2ccccc2)SC(=NCc2ccc(F)cc2)N1c1ccccc1. The third kappa shape index (κ3) is 4.05. The summed E-state index contributed by atoms with van der Waals surface area (Å²) in [6.45, 7) is 0.373. The summed E-state index contributed by atoms with van der Waals surface area (Å²) >= 11 is 1.35. The summed E-state index contributed by atoms with van der Waals surface area (Å²) in [6.07, 6.45) is 1.88. The van der Waals surface area contributed by atoms with Crippen LogP contribution in [-0.2, 0) is 11.3 Å². The molecule has 0 spiro atoms. The number of hydrogen-bond acceptors (Lipinski definition) is 3. The minimum Gasteiger partial charge on any atom is -0.268 e. The number of aliphatic imine (C=N–C) groups is 1. The lowest BCUT2D eigenvalue weighted by atomic mass is 10.2. The van der Waals surface area contributed by atoms with Gasteiger partial charge in [0, 0.05) is 0 Å². The zero-order valence-corrected chi connectivity index (χ0v) is 15.8. The molecule has 0 aromatic heterocycles. The first kappa shape index (κ1) is 18.2. The molecule has 0 radical (unpaired) electrons. The summed E-state index contributed by atoms with van der Waals surface area (Å²) in [5.41, 5.74) is 2.62. The number of anilines is 1. The van der Waals surface area contributed by atoms with E-state index >= 15 is 0 Å². The highest BCUT2D eigenvalue weighted by atomic mass is 32.2. The number of amides is 1. The van der Waals surface area contributed by atoms with Crippen LogP contribution < -0.4 is 4.90 Å². The van der Waals surface area contributed by atoms with E-state index in [4.69, 9.17) is 0 Å². The molecule has 138 valence electrons. The van der Waals surface area contributed by atoms with Crippen molar-refractivity contribution in [1.82, 2.24) is 0 Å². The molecule has 0 atom stereocenters. The molecule has 4 rings (SSSR count). The summed E-state index contributed by atoms with van der Waals surface area (Å²) in [6, 6.07) is 25.4. The molecule has 1 aliphatic heterocycles. The lowest BCUT2D eigenvalue weighted by molar-refractivity contribution is -0.113. The van der Waals surface area contributed by atoms with Crippen LogP contribution in [0.3, 0.4) is 0 Å². The maximum atomic E-state index is 13.1. The Labute approximate surface area is 167 Å². The molecule has 0 N–H and O–H groups in total. The molecule has 0 bridgehead atoms. The van der Waals surface area contributed by atoms with Gasteiger partial charge in [0.05, 0.1) is 17.1 Å². The fourth-order valence-corrected chi connectivity index (χ4v) is 3.81. The van der Waals surface area contributed by atoms with Crippen molar-refractivity contribution in [3.8, 4) is 0 Å². The van der Waals surface area contributed by atoms with Crippen LogP contribution >= 0.6 is 11.8 Å². The van der Waals surface area contributed by atoms with Gasteiger partial charge in [0.15, 0.2) is 5.17 Å². The minimum absolute atomic E-state index is 0.0992. The van der Waals surface area contributed by atoms with Crippen LogP contribution in [0.1, 0.15) is 11.1 Å². The van der Waals surface area contributed by atoms with Gasteiger partial charge in [-0.1, -0.05) is 60.7 Å². The van der Waals surface area contributed by atoms with Crippen LogP contribution in [0.15, 0.2) is 94.8 Å². The van der Waals surface area contributed by atoms with E-state index in [0.29, 0.717) is 16.6 Å². The van der Waals surface area contributed by atoms with Gasteiger partial charge >= 0.3 is 0 Å². The van der Waals surface area contributed by atoms with Crippen LogP contribution in [0.4, 0.5) is 10.1 Å². The number of nitrogens with zero attached hydrogens (tertiary/aromatic N) is 2. The highest BCUT2D eigenvalue weighted by molar-refractivity contribution is 8.19. The number of thioether (sulfide) groups is 1. The van der Waals surface area contributed by atoms with Crippen molar-refractivity contribution in [3.63, 3.8) is 0 Å². The molecule has 1 heterocycles. The molecule has 0 unspecified atom stereocenters. The first-order valence-corrected chi connectivity index (χ1v) is 9.65. The van der Waals surface area contributed by atoms with E-state index in [1.54, 1.807) is 17.0 Å². The molecule has 3 nitrogen and oxygen atoms in total. The Morgan fingerprint density at radius 3 is 2.21 bits per heavy atom. The van der Waals surface area contributed by atoms with E-state index < -0.39 is 0 Å². The lowest BCUT2D eigenvalue weighted by Gasteiger charge is -2.15. The smallest absolute Gasteiger partial charge is 0.268 e. The average Bonchev–Trinajstić information content (AvgIpc) is 3.04. The number of halogens is 1. The van der Waals surface area contributed by atoms with Gasteiger partial charge in [-0.2, -0.15) is 0 Å². The normalized spacial score (nSPS) is 16.9. The Hall–Kier alpha value is -3.18. The van der Waals surface area contributed by atoms with Crippen LogP contribution in [0.5, 0.6) is 0 Å². The maximum absolute atomic E-state index is 13.1. The monoisotopic (exact) mass is 388 g/mol. The van der Waals surface area contributed by atoms with Gasteiger partial charge in [-0.15, -0.1) is 0 Å². The molecular formula is C23H17FN2OS. The topological polar surface area (TPSA) is 32.7 Å². The van der Waals surface area contributed by atoms with E-state index in [-0.39, 0.29) is 11.7 Å². The molecule has 5 heteroatoms. The number of carbonyl (C=O) groups is 1. The molecule has 1 amide bonds. The Morgan fingerprint density at radius 2 is 1.54 bits per heavy atom. The Balaban J connectivity index is 1.67. The molecule has 3 aromatic rings. The number of benzene rings is 3. The predicted molar refractivity (Wildman–Crippen MR) is 113 cm³/mol. The Bertz CT molecular complexity index is 1030. The molecular weight excluding hydrogens is 371 g/mol. The second kappa shape index (κ2) is 8.23. The maximum Gasteiger partial charge on any atom is 0.271 e. The highest BCUT2D eigenvalue weighted by Crippen LogP contribution is 2.36. The fraction of sp³-hybridized carbons (Fsp3) is 0.0435. The second-order valence-electron chi connectivity index (χ2n) is 6.22. The lowest BCUT2D eigenvalue weighted by Crippen LogP contribution is -2.28. The summed E-state index contributed by atoms with van der Waals surface area (Å²) in [4.78, 5) is 20.0. The zero-order valence-electron chi connectivity index (χ0n) is 15.0. The van der Waals surface area contributed by atoms with Gasteiger partial charge in [-0.3, -0.25) is 14.7 Å². The van der Waals surface area contributed by atoms with Crippen LogP contribution in [-0.4, -0.2) is 11.1 Å². The largest absolute Gasteiger partial charge is 0.271 e. The molecule has 1 saturated heterocycles. The number of amidine groups is 1. The van der Waals surface area contributed by atoms with Gasteiger partial charge < -0.3 is 0 Å². The summed E-state index contributed by atoms with van der Waals surface area (Å²) < 4.78 is 13.1. The zero-order chi connectivity index (χ0) is 19.3. The summed E-state index contributed by atoms with van der Waals surface area (Å²) in [5, 5.41) is 0.614. The van der Waals surface area contributed by atoms with Crippen molar-refractivity contribution >= 4 is 34.6 Å². The molecule has 28 heavy (non-hydrogen) atoms. The predicted octanol–water partition coefficient (Wildman–Crippen LogP) is 5.50. The number of para-hydroxylation sites is 1.